The van der Waals surface area contributed by atoms with Crippen molar-refractivity contribution in [3.05, 3.63) is 65.5 Å². The van der Waals surface area contributed by atoms with Crippen molar-refractivity contribution < 1.29 is 9.59 Å². The number of aromatic amines is 1. The fraction of sp³-hybridized carbons (Fsp3) is 0.444. The molecular formula is C27H32N4O2. The minimum atomic E-state index is -0.323. The smallest absolute Gasteiger partial charge is 0.222 e. The van der Waals surface area contributed by atoms with Crippen LogP contribution in [0.25, 0.3) is 11.0 Å². The largest absolute Gasteiger partial charge is 0.350 e. The summed E-state index contributed by atoms with van der Waals surface area (Å²) in [6.45, 7) is 3.58. The van der Waals surface area contributed by atoms with Crippen molar-refractivity contribution >= 4 is 22.8 Å². The molecule has 2 aromatic carbocycles. The summed E-state index contributed by atoms with van der Waals surface area (Å²) in [6.07, 6.45) is 5.26. The number of piperidine rings is 1. The van der Waals surface area contributed by atoms with Crippen LogP contribution in [0.15, 0.2) is 48.5 Å². The summed E-state index contributed by atoms with van der Waals surface area (Å²) in [4.78, 5) is 35.5. The Balaban J connectivity index is 1.24. The number of benzene rings is 2. The van der Waals surface area contributed by atoms with E-state index in [0.29, 0.717) is 25.8 Å². The SMILES string of the molecule is Cc1ccc(CC2(CCC(=O)N3CCCC(c4nc5ccccc5[nH]4)C3)CCC(=O)N2)cc1. The number of carbonyl (C=O) groups is 2. The van der Waals surface area contributed by atoms with E-state index in [2.05, 4.69) is 41.5 Å². The van der Waals surface area contributed by atoms with Crippen molar-refractivity contribution in [1.29, 1.82) is 0 Å². The van der Waals surface area contributed by atoms with Crippen LogP contribution in [-0.2, 0) is 16.0 Å². The maximum absolute atomic E-state index is 13.2. The number of nitrogens with one attached hydrogen (secondary N) is 2. The Morgan fingerprint density at radius 1 is 1.18 bits per heavy atom. The molecule has 2 saturated heterocycles. The van der Waals surface area contributed by atoms with Gasteiger partial charge in [0.25, 0.3) is 0 Å². The third-order valence-corrected chi connectivity index (χ3v) is 7.28. The number of aryl methyl sites for hydroxylation is 1. The van der Waals surface area contributed by atoms with Gasteiger partial charge in [-0.25, -0.2) is 4.98 Å². The van der Waals surface area contributed by atoms with Gasteiger partial charge in [0.1, 0.15) is 5.82 Å². The summed E-state index contributed by atoms with van der Waals surface area (Å²) in [5.41, 5.74) is 4.13. The molecule has 0 saturated carbocycles. The molecule has 172 valence electrons. The van der Waals surface area contributed by atoms with E-state index in [1.807, 2.05) is 29.2 Å². The first-order valence-corrected chi connectivity index (χ1v) is 12.1. The van der Waals surface area contributed by atoms with Gasteiger partial charge in [-0.2, -0.15) is 0 Å². The molecule has 2 N–H and O–H groups in total. The first-order valence-electron chi connectivity index (χ1n) is 12.1. The van der Waals surface area contributed by atoms with Crippen LogP contribution in [0.5, 0.6) is 0 Å². The maximum Gasteiger partial charge on any atom is 0.222 e. The van der Waals surface area contributed by atoms with Gasteiger partial charge in [-0.05, 0) is 56.7 Å². The van der Waals surface area contributed by atoms with E-state index in [1.54, 1.807) is 0 Å². The number of para-hydroxylation sites is 2. The third kappa shape index (κ3) is 4.80. The number of aromatic nitrogens is 2. The Morgan fingerprint density at radius 3 is 2.76 bits per heavy atom. The highest BCUT2D eigenvalue weighted by molar-refractivity contribution is 5.80. The van der Waals surface area contributed by atoms with Crippen molar-refractivity contribution in [2.45, 2.75) is 63.3 Å². The zero-order valence-corrected chi connectivity index (χ0v) is 19.3. The Hall–Kier alpha value is -3.15. The molecule has 0 bridgehead atoms. The van der Waals surface area contributed by atoms with E-state index in [9.17, 15) is 9.59 Å². The molecule has 1 aromatic heterocycles. The number of rotatable bonds is 6. The van der Waals surface area contributed by atoms with Crippen molar-refractivity contribution in [2.75, 3.05) is 13.1 Å². The molecular weight excluding hydrogens is 412 g/mol. The molecule has 6 heteroatoms. The number of imidazole rings is 1. The summed E-state index contributed by atoms with van der Waals surface area (Å²) in [5, 5.41) is 3.21. The van der Waals surface area contributed by atoms with E-state index < -0.39 is 0 Å². The lowest BCUT2D eigenvalue weighted by atomic mass is 9.84. The molecule has 2 aliphatic heterocycles. The Morgan fingerprint density at radius 2 is 2.00 bits per heavy atom. The topological polar surface area (TPSA) is 78.1 Å². The van der Waals surface area contributed by atoms with Crippen LogP contribution in [0, 0.1) is 6.92 Å². The lowest BCUT2D eigenvalue weighted by Gasteiger charge is -2.34. The van der Waals surface area contributed by atoms with E-state index in [0.717, 1.165) is 49.1 Å². The van der Waals surface area contributed by atoms with Gasteiger partial charge in [0.15, 0.2) is 0 Å². The summed E-state index contributed by atoms with van der Waals surface area (Å²) in [6, 6.07) is 16.5. The molecule has 3 aromatic rings. The van der Waals surface area contributed by atoms with Gasteiger partial charge in [-0.15, -0.1) is 0 Å². The quantitative estimate of drug-likeness (QED) is 0.597. The third-order valence-electron chi connectivity index (χ3n) is 7.28. The number of amides is 2. The van der Waals surface area contributed by atoms with Crippen molar-refractivity contribution in [3.63, 3.8) is 0 Å². The van der Waals surface area contributed by atoms with E-state index in [4.69, 9.17) is 4.98 Å². The maximum atomic E-state index is 13.2. The van der Waals surface area contributed by atoms with Crippen molar-refractivity contribution in [1.82, 2.24) is 20.2 Å². The predicted molar refractivity (Wildman–Crippen MR) is 129 cm³/mol. The first-order chi connectivity index (χ1) is 16.0. The second-order valence-corrected chi connectivity index (χ2v) is 9.81. The zero-order chi connectivity index (χ0) is 22.8. The molecule has 2 unspecified atom stereocenters. The lowest BCUT2D eigenvalue weighted by molar-refractivity contribution is -0.133. The minimum Gasteiger partial charge on any atom is -0.350 e. The second-order valence-electron chi connectivity index (χ2n) is 9.81. The first kappa shape index (κ1) is 21.7. The number of hydrogen-bond donors (Lipinski definition) is 2. The van der Waals surface area contributed by atoms with Gasteiger partial charge in [0.2, 0.25) is 11.8 Å². The zero-order valence-electron chi connectivity index (χ0n) is 19.3. The normalized spacial score (nSPS) is 23.1. The van der Waals surface area contributed by atoms with Crippen LogP contribution in [0.1, 0.15) is 61.4 Å². The van der Waals surface area contributed by atoms with Gasteiger partial charge in [-0.3, -0.25) is 9.59 Å². The molecule has 6 nitrogen and oxygen atoms in total. The van der Waals surface area contributed by atoms with Gasteiger partial charge in [0, 0.05) is 37.4 Å². The van der Waals surface area contributed by atoms with Crippen molar-refractivity contribution in [3.8, 4) is 0 Å². The molecule has 2 amide bonds. The summed E-state index contributed by atoms with van der Waals surface area (Å²) >= 11 is 0. The Bertz CT molecular complexity index is 1120. The fourth-order valence-electron chi connectivity index (χ4n) is 5.38. The number of nitrogens with zero attached hydrogens (tertiary/aromatic N) is 2. The fourth-order valence-corrected chi connectivity index (χ4v) is 5.38. The van der Waals surface area contributed by atoms with Gasteiger partial charge < -0.3 is 15.2 Å². The summed E-state index contributed by atoms with van der Waals surface area (Å²) < 4.78 is 0. The molecule has 2 atom stereocenters. The number of likely N-dealkylation sites (tertiary alicyclic amines) is 1. The second kappa shape index (κ2) is 9.00. The average Bonchev–Trinajstić information content (AvgIpc) is 3.43. The van der Waals surface area contributed by atoms with Gasteiger partial charge >= 0.3 is 0 Å². The highest BCUT2D eigenvalue weighted by Gasteiger charge is 2.38. The van der Waals surface area contributed by atoms with E-state index >= 15 is 0 Å². The molecule has 3 heterocycles. The Kier molecular flexibility index (Phi) is 5.92. The summed E-state index contributed by atoms with van der Waals surface area (Å²) in [7, 11) is 0. The molecule has 0 radical (unpaired) electrons. The number of H-pyrrole nitrogens is 1. The van der Waals surface area contributed by atoms with E-state index in [-0.39, 0.29) is 23.3 Å². The van der Waals surface area contributed by atoms with Crippen LogP contribution in [-0.4, -0.2) is 45.3 Å². The molecule has 0 spiro atoms. The molecule has 2 aliphatic rings. The average molecular weight is 445 g/mol. The van der Waals surface area contributed by atoms with Crippen molar-refractivity contribution in [2.24, 2.45) is 0 Å². The minimum absolute atomic E-state index is 0.0949. The van der Waals surface area contributed by atoms with Crippen LogP contribution in [0.2, 0.25) is 0 Å². The number of fused-ring (bicyclic) bond motifs is 1. The van der Waals surface area contributed by atoms with Crippen LogP contribution in [0.3, 0.4) is 0 Å². The number of hydrogen-bond acceptors (Lipinski definition) is 3. The van der Waals surface area contributed by atoms with Crippen LogP contribution in [0.4, 0.5) is 0 Å². The summed E-state index contributed by atoms with van der Waals surface area (Å²) in [5.74, 6) is 1.49. The van der Waals surface area contributed by atoms with Gasteiger partial charge in [0.05, 0.1) is 11.0 Å². The highest BCUT2D eigenvalue weighted by atomic mass is 16.2. The molecule has 33 heavy (non-hydrogen) atoms. The highest BCUT2D eigenvalue weighted by Crippen LogP contribution is 2.31. The monoisotopic (exact) mass is 444 g/mol. The van der Waals surface area contributed by atoms with Crippen LogP contribution < -0.4 is 5.32 Å². The number of carbonyl (C=O) groups excluding carboxylic acids is 2. The van der Waals surface area contributed by atoms with Crippen LogP contribution >= 0.6 is 0 Å². The molecule has 5 rings (SSSR count). The molecule has 2 fully saturated rings. The lowest BCUT2D eigenvalue weighted by Crippen LogP contribution is -2.45. The van der Waals surface area contributed by atoms with E-state index in [1.165, 1.54) is 11.1 Å². The molecule has 0 aliphatic carbocycles. The van der Waals surface area contributed by atoms with Gasteiger partial charge in [-0.1, -0.05) is 42.0 Å². The predicted octanol–water partition coefficient (Wildman–Crippen LogP) is 4.25. The standard InChI is InChI=1S/C27H32N4O2/c1-19-8-10-20(11-9-19)17-27(14-12-24(32)30-27)15-13-25(33)31-16-4-5-21(18-31)26-28-22-6-2-3-7-23(22)29-26/h2-3,6-11,21H,4-5,12-18H2,1H3,(H,28,29)(H,30,32). The Labute approximate surface area is 194 Å².